The molecule has 108 valence electrons. The summed E-state index contributed by atoms with van der Waals surface area (Å²) in [5.74, 6) is -0.644. The van der Waals surface area contributed by atoms with Crippen molar-refractivity contribution in [2.24, 2.45) is 5.73 Å². The van der Waals surface area contributed by atoms with Gasteiger partial charge in [-0.15, -0.1) is 11.3 Å². The minimum atomic E-state index is -0.644. The summed E-state index contributed by atoms with van der Waals surface area (Å²) in [5.41, 5.74) is 5.69. The van der Waals surface area contributed by atoms with Gasteiger partial charge in [0.05, 0.1) is 23.5 Å². The number of aryl methyl sites for hydroxylation is 1. The van der Waals surface area contributed by atoms with Crippen molar-refractivity contribution in [1.82, 2.24) is 19.2 Å². The van der Waals surface area contributed by atoms with Crippen molar-refractivity contribution in [1.29, 1.82) is 0 Å². The van der Waals surface area contributed by atoms with Crippen molar-refractivity contribution < 1.29 is 4.79 Å². The summed E-state index contributed by atoms with van der Waals surface area (Å²) in [6, 6.07) is 1.36. The van der Waals surface area contributed by atoms with Crippen molar-refractivity contribution in [2.45, 2.75) is 13.5 Å². The summed E-state index contributed by atoms with van der Waals surface area (Å²) in [6.45, 7) is 2.05. The Morgan fingerprint density at radius 2 is 2.29 bits per heavy atom. The fourth-order valence-corrected chi connectivity index (χ4v) is 3.23. The minimum Gasteiger partial charge on any atom is -0.364 e. The highest BCUT2D eigenvalue weighted by Crippen LogP contribution is 2.19. The number of carbonyl (C=O) groups is 1. The molecular weight excluding hydrogens is 314 g/mol. The Hall–Kier alpha value is -2.19. The molecule has 0 aliphatic heterocycles. The van der Waals surface area contributed by atoms with Gasteiger partial charge in [-0.1, -0.05) is 11.6 Å². The van der Waals surface area contributed by atoms with Gasteiger partial charge in [-0.2, -0.15) is 5.10 Å². The summed E-state index contributed by atoms with van der Waals surface area (Å²) in [5, 5.41) is 4.55. The first-order valence-corrected chi connectivity index (χ1v) is 7.15. The first kappa shape index (κ1) is 13.8. The summed E-state index contributed by atoms with van der Waals surface area (Å²) in [4.78, 5) is 29.1. The number of fused-ring (bicyclic) bond motifs is 1. The second kappa shape index (κ2) is 4.97. The predicted octanol–water partition coefficient (Wildman–Crippen LogP) is 1.06. The second-order valence-electron chi connectivity index (χ2n) is 4.43. The van der Waals surface area contributed by atoms with E-state index in [9.17, 15) is 9.59 Å². The largest absolute Gasteiger partial charge is 0.364 e. The zero-order valence-corrected chi connectivity index (χ0v) is 12.5. The Morgan fingerprint density at radius 3 is 2.90 bits per heavy atom. The van der Waals surface area contributed by atoms with Crippen molar-refractivity contribution in [3.05, 3.63) is 50.1 Å². The molecule has 3 heterocycles. The lowest BCUT2D eigenvalue weighted by molar-refractivity contribution is 0.0994. The monoisotopic (exact) mass is 323 g/mol. The second-order valence-corrected chi connectivity index (χ2v) is 6.05. The Bertz CT molecular complexity index is 910. The molecule has 0 spiro atoms. The molecule has 3 aromatic heterocycles. The van der Waals surface area contributed by atoms with E-state index in [0.29, 0.717) is 27.1 Å². The van der Waals surface area contributed by atoms with Crippen LogP contribution >= 0.6 is 22.9 Å². The van der Waals surface area contributed by atoms with Gasteiger partial charge in [0.2, 0.25) is 0 Å². The van der Waals surface area contributed by atoms with Crippen molar-refractivity contribution in [2.75, 3.05) is 0 Å². The van der Waals surface area contributed by atoms with E-state index in [-0.39, 0.29) is 11.3 Å². The van der Waals surface area contributed by atoms with Crippen molar-refractivity contribution in [3.8, 4) is 0 Å². The molecule has 2 N–H and O–H groups in total. The predicted molar refractivity (Wildman–Crippen MR) is 78.9 cm³/mol. The van der Waals surface area contributed by atoms with Gasteiger partial charge in [0, 0.05) is 17.1 Å². The molecule has 0 unspecified atom stereocenters. The lowest BCUT2D eigenvalue weighted by Gasteiger charge is -2.02. The van der Waals surface area contributed by atoms with Gasteiger partial charge in [0.25, 0.3) is 11.5 Å². The van der Waals surface area contributed by atoms with Crippen LogP contribution in [0.1, 0.15) is 21.1 Å². The first-order chi connectivity index (χ1) is 9.95. The lowest BCUT2D eigenvalue weighted by atomic mass is 10.3. The third kappa shape index (κ3) is 2.43. The normalized spacial score (nSPS) is 11.1. The fourth-order valence-electron chi connectivity index (χ4n) is 2.08. The van der Waals surface area contributed by atoms with Crippen LogP contribution in [0.3, 0.4) is 0 Å². The van der Waals surface area contributed by atoms with Gasteiger partial charge in [-0.3, -0.25) is 14.3 Å². The number of carbonyl (C=O) groups excluding carboxylic acids is 1. The summed E-state index contributed by atoms with van der Waals surface area (Å²) in [7, 11) is 0. The fraction of sp³-hybridized carbons (Fsp3) is 0.167. The molecule has 7 nitrogen and oxygen atoms in total. The molecular formula is C12H10ClN5O2S. The Balaban J connectivity index is 2.12. The van der Waals surface area contributed by atoms with Crippen molar-refractivity contribution >= 4 is 33.8 Å². The highest BCUT2D eigenvalue weighted by atomic mass is 35.5. The number of nitrogens with zero attached hydrogens (tertiary/aromatic N) is 4. The van der Waals surface area contributed by atoms with Crippen LogP contribution in [0.25, 0.3) is 4.96 Å². The molecule has 21 heavy (non-hydrogen) atoms. The van der Waals surface area contributed by atoms with Crippen LogP contribution in [-0.4, -0.2) is 25.1 Å². The Labute approximate surface area is 127 Å². The molecule has 0 aliphatic carbocycles. The first-order valence-electron chi connectivity index (χ1n) is 5.95. The molecule has 0 atom stereocenters. The molecule has 0 aromatic carbocycles. The van der Waals surface area contributed by atoms with Crippen LogP contribution in [0, 0.1) is 6.92 Å². The molecule has 3 rings (SSSR count). The number of hydrogen-bond acceptors (Lipinski definition) is 5. The van der Waals surface area contributed by atoms with Gasteiger partial charge < -0.3 is 5.73 Å². The van der Waals surface area contributed by atoms with E-state index < -0.39 is 5.91 Å². The number of rotatable bonds is 3. The van der Waals surface area contributed by atoms with Crippen LogP contribution in [0.5, 0.6) is 0 Å². The van der Waals surface area contributed by atoms with Crippen LogP contribution < -0.4 is 11.3 Å². The van der Waals surface area contributed by atoms with E-state index in [4.69, 9.17) is 17.3 Å². The SMILES string of the molecule is Cc1sc2nc(Cn3cc(Cl)cn3)cc(=O)n2c1C(N)=O. The number of halogens is 1. The number of primary amides is 1. The van der Waals surface area contributed by atoms with Crippen LogP contribution in [0.15, 0.2) is 23.3 Å². The smallest absolute Gasteiger partial charge is 0.266 e. The van der Waals surface area contributed by atoms with Crippen LogP contribution in [-0.2, 0) is 6.54 Å². The topological polar surface area (TPSA) is 95.3 Å². The third-order valence-electron chi connectivity index (χ3n) is 2.90. The number of aromatic nitrogens is 4. The standard InChI is InChI=1S/C12H10ClN5O2S/c1-6-10(11(14)20)18-9(19)2-8(16-12(18)21-6)5-17-4-7(13)3-15-17/h2-4H,5H2,1H3,(H2,14,20). The summed E-state index contributed by atoms with van der Waals surface area (Å²) < 4.78 is 2.82. The summed E-state index contributed by atoms with van der Waals surface area (Å²) >= 11 is 7.04. The van der Waals surface area contributed by atoms with Gasteiger partial charge >= 0.3 is 0 Å². The highest BCUT2D eigenvalue weighted by Gasteiger charge is 2.17. The molecule has 9 heteroatoms. The van der Waals surface area contributed by atoms with Gasteiger partial charge in [0.1, 0.15) is 5.69 Å². The van der Waals surface area contributed by atoms with E-state index in [1.807, 2.05) is 0 Å². The average molecular weight is 324 g/mol. The number of thiazole rings is 1. The quantitative estimate of drug-likeness (QED) is 0.779. The minimum absolute atomic E-state index is 0.182. The summed E-state index contributed by atoms with van der Waals surface area (Å²) in [6.07, 6.45) is 3.15. The van der Waals surface area contributed by atoms with Crippen LogP contribution in [0.2, 0.25) is 5.02 Å². The maximum absolute atomic E-state index is 12.2. The number of hydrogen-bond donors (Lipinski definition) is 1. The Kier molecular flexibility index (Phi) is 3.26. The molecule has 3 aromatic rings. The third-order valence-corrected chi connectivity index (χ3v) is 4.05. The number of amides is 1. The van der Waals surface area contributed by atoms with Gasteiger partial charge in [-0.25, -0.2) is 9.38 Å². The maximum atomic E-state index is 12.2. The average Bonchev–Trinajstić information content (AvgIpc) is 2.92. The van der Waals surface area contributed by atoms with Crippen LogP contribution in [0.4, 0.5) is 0 Å². The molecule has 0 bridgehead atoms. The van der Waals surface area contributed by atoms with E-state index in [1.165, 1.54) is 28.0 Å². The molecule has 0 radical (unpaired) electrons. The van der Waals surface area contributed by atoms with E-state index in [1.54, 1.807) is 17.8 Å². The molecule has 1 amide bonds. The zero-order chi connectivity index (χ0) is 15.1. The lowest BCUT2D eigenvalue weighted by Crippen LogP contribution is -2.23. The Morgan fingerprint density at radius 1 is 1.52 bits per heavy atom. The number of nitrogens with two attached hydrogens (primary N) is 1. The molecule has 0 saturated carbocycles. The van der Waals surface area contributed by atoms with Gasteiger partial charge in [-0.05, 0) is 6.92 Å². The zero-order valence-electron chi connectivity index (χ0n) is 10.9. The van der Waals surface area contributed by atoms with E-state index in [2.05, 4.69) is 10.1 Å². The maximum Gasteiger partial charge on any atom is 0.266 e. The highest BCUT2D eigenvalue weighted by molar-refractivity contribution is 7.17. The molecule has 0 saturated heterocycles. The van der Waals surface area contributed by atoms with Crippen molar-refractivity contribution in [3.63, 3.8) is 0 Å². The molecule has 0 aliphatic rings. The molecule has 0 fully saturated rings. The van der Waals surface area contributed by atoms with E-state index >= 15 is 0 Å². The van der Waals surface area contributed by atoms with Gasteiger partial charge in [0.15, 0.2) is 4.96 Å². The van der Waals surface area contributed by atoms with E-state index in [0.717, 1.165) is 0 Å².